The van der Waals surface area contributed by atoms with Crippen LogP contribution in [0.3, 0.4) is 0 Å². The molecule has 0 radical (unpaired) electrons. The fraction of sp³-hybridized carbons (Fsp3) is 0.182. The van der Waals surface area contributed by atoms with Crippen molar-refractivity contribution in [3.05, 3.63) is 77.4 Å². The van der Waals surface area contributed by atoms with Crippen molar-refractivity contribution >= 4 is 20.5 Å². The molecule has 0 saturated carbocycles. The number of rotatable bonds is 6. The first-order valence-corrected chi connectivity index (χ1v) is 9.24. The van der Waals surface area contributed by atoms with E-state index in [1.54, 1.807) is 0 Å². The number of nitrogens with zero attached hydrogens (tertiary/aromatic N) is 1. The third-order valence-electron chi connectivity index (χ3n) is 4.23. The molecule has 3 rings (SSSR count). The zero-order valence-corrected chi connectivity index (χ0v) is 16.6. The lowest BCUT2D eigenvalue weighted by atomic mass is 10.1. The predicted octanol–water partition coefficient (Wildman–Crippen LogP) is 3.85. The summed E-state index contributed by atoms with van der Waals surface area (Å²) < 4.78 is 10.6. The summed E-state index contributed by atoms with van der Waals surface area (Å²) in [5.74, 6) is 0.331. The summed E-state index contributed by atoms with van der Waals surface area (Å²) >= 11 is 0. The van der Waals surface area contributed by atoms with Crippen LogP contribution >= 0.6 is 9.24 Å². The number of ether oxygens (including phenoxy) is 2. The molecule has 0 bridgehead atoms. The quantitative estimate of drug-likeness (QED) is 0.482. The second-order valence-electron chi connectivity index (χ2n) is 6.30. The van der Waals surface area contributed by atoms with Gasteiger partial charge in [-0.2, -0.15) is 0 Å². The van der Waals surface area contributed by atoms with Crippen LogP contribution in [0.5, 0.6) is 5.88 Å². The fourth-order valence-electron chi connectivity index (χ4n) is 2.69. The van der Waals surface area contributed by atoms with Gasteiger partial charge in [-0.05, 0) is 29.4 Å². The van der Waals surface area contributed by atoms with E-state index in [-0.39, 0.29) is 12.4 Å². The second-order valence-corrected chi connectivity index (χ2v) is 6.92. The first kappa shape index (κ1) is 19.1. The lowest BCUT2D eigenvalue weighted by Crippen LogP contribution is -2.07. The molecule has 138 valence electrons. The zero-order chi connectivity index (χ0) is 19.2. The molecule has 1 aromatic heterocycles. The summed E-state index contributed by atoms with van der Waals surface area (Å²) in [6.45, 7) is 2.54. The Bertz CT molecular complexity index is 939. The number of aromatic nitrogens is 1. The number of hydrogen-bond acceptors (Lipinski definition) is 4. The molecular formula is C22H22NO3P. The van der Waals surface area contributed by atoms with E-state index in [9.17, 15) is 4.79 Å². The Hall–Kier alpha value is -2.71. The Kier molecular flexibility index (Phi) is 6.20. The highest BCUT2D eigenvalue weighted by atomic mass is 31.0. The van der Waals surface area contributed by atoms with E-state index in [2.05, 4.69) is 39.3 Å². The van der Waals surface area contributed by atoms with Gasteiger partial charge in [-0.15, -0.1) is 9.24 Å². The first-order chi connectivity index (χ1) is 13.0. The van der Waals surface area contributed by atoms with Crippen molar-refractivity contribution in [3.8, 4) is 17.1 Å². The molecule has 0 amide bonds. The van der Waals surface area contributed by atoms with Gasteiger partial charge in [0.25, 0.3) is 0 Å². The van der Waals surface area contributed by atoms with E-state index in [1.165, 1.54) is 12.7 Å². The third-order valence-corrected chi connectivity index (χ3v) is 4.76. The molecule has 4 nitrogen and oxygen atoms in total. The number of aryl methyl sites for hydroxylation is 1. The standard InChI is InChI=1S/C22H22NO3P/c1-15-6-9-18(20(27)12-15)14-26-21-5-3-4-19(23-21)17-10-7-16(8-11-17)13-22(24)25-2/h3-12H,13-14,27H2,1-2H3. The third kappa shape index (κ3) is 5.15. The van der Waals surface area contributed by atoms with Crippen molar-refractivity contribution in [1.82, 2.24) is 4.98 Å². The lowest BCUT2D eigenvalue weighted by Gasteiger charge is -2.10. The molecule has 5 heteroatoms. The van der Waals surface area contributed by atoms with E-state index in [0.717, 1.165) is 27.7 Å². The second kappa shape index (κ2) is 8.79. The molecule has 0 N–H and O–H groups in total. The summed E-state index contributed by atoms with van der Waals surface area (Å²) in [6, 6.07) is 19.7. The Morgan fingerprint density at radius 3 is 2.56 bits per heavy atom. The SMILES string of the molecule is COC(=O)Cc1ccc(-c2cccc(OCc3ccc(C)cc3P)n2)cc1. The smallest absolute Gasteiger partial charge is 0.309 e. The van der Waals surface area contributed by atoms with Gasteiger partial charge in [-0.25, -0.2) is 4.98 Å². The summed E-state index contributed by atoms with van der Waals surface area (Å²) in [4.78, 5) is 16.0. The van der Waals surface area contributed by atoms with E-state index in [1.807, 2.05) is 42.5 Å². The average molecular weight is 379 g/mol. The summed E-state index contributed by atoms with van der Waals surface area (Å²) in [6.07, 6.45) is 0.265. The summed E-state index contributed by atoms with van der Waals surface area (Å²) in [5, 5.41) is 1.13. The minimum atomic E-state index is -0.249. The maximum absolute atomic E-state index is 11.4. The summed E-state index contributed by atoms with van der Waals surface area (Å²) in [7, 11) is 4.14. The average Bonchev–Trinajstić information content (AvgIpc) is 2.68. The van der Waals surface area contributed by atoms with Gasteiger partial charge >= 0.3 is 5.97 Å². The number of carbonyl (C=O) groups excluding carboxylic acids is 1. The Morgan fingerprint density at radius 2 is 1.85 bits per heavy atom. The molecule has 0 fully saturated rings. The molecule has 0 aliphatic rings. The van der Waals surface area contributed by atoms with Gasteiger partial charge in [0.1, 0.15) is 6.61 Å². The lowest BCUT2D eigenvalue weighted by molar-refractivity contribution is -0.139. The Labute approximate surface area is 161 Å². The van der Waals surface area contributed by atoms with Gasteiger partial charge in [0, 0.05) is 11.6 Å². The molecular weight excluding hydrogens is 357 g/mol. The van der Waals surface area contributed by atoms with Crippen LogP contribution in [-0.4, -0.2) is 18.1 Å². The normalized spacial score (nSPS) is 10.5. The molecule has 3 aromatic rings. The van der Waals surface area contributed by atoms with E-state index in [4.69, 9.17) is 9.47 Å². The van der Waals surface area contributed by atoms with E-state index >= 15 is 0 Å². The number of methoxy groups -OCH3 is 1. The van der Waals surface area contributed by atoms with Crippen LogP contribution in [0.15, 0.2) is 60.7 Å². The highest BCUT2D eigenvalue weighted by Gasteiger charge is 2.06. The van der Waals surface area contributed by atoms with Crippen molar-refractivity contribution in [3.63, 3.8) is 0 Å². The van der Waals surface area contributed by atoms with Crippen LogP contribution in [0.1, 0.15) is 16.7 Å². The maximum atomic E-state index is 11.4. The van der Waals surface area contributed by atoms with Gasteiger partial charge in [-0.1, -0.05) is 54.1 Å². The van der Waals surface area contributed by atoms with Crippen LogP contribution in [0, 0.1) is 6.92 Å². The van der Waals surface area contributed by atoms with Crippen molar-refractivity contribution < 1.29 is 14.3 Å². The van der Waals surface area contributed by atoms with Crippen molar-refractivity contribution in [2.75, 3.05) is 7.11 Å². The molecule has 0 saturated heterocycles. The monoisotopic (exact) mass is 379 g/mol. The molecule has 1 heterocycles. The molecule has 27 heavy (non-hydrogen) atoms. The van der Waals surface area contributed by atoms with Crippen molar-refractivity contribution in [2.24, 2.45) is 0 Å². The minimum Gasteiger partial charge on any atom is -0.473 e. The predicted molar refractivity (Wildman–Crippen MR) is 110 cm³/mol. The van der Waals surface area contributed by atoms with Crippen LogP contribution in [0.4, 0.5) is 0 Å². The fourth-order valence-corrected chi connectivity index (χ4v) is 3.13. The molecule has 0 spiro atoms. The highest BCUT2D eigenvalue weighted by molar-refractivity contribution is 7.27. The topological polar surface area (TPSA) is 48.4 Å². The molecule has 1 unspecified atom stereocenters. The Balaban J connectivity index is 1.70. The number of esters is 1. The van der Waals surface area contributed by atoms with Gasteiger partial charge < -0.3 is 9.47 Å². The number of pyridine rings is 1. The van der Waals surface area contributed by atoms with Gasteiger partial charge in [0.05, 0.1) is 19.2 Å². The summed E-state index contributed by atoms with van der Waals surface area (Å²) in [5.41, 5.74) is 5.04. The molecule has 0 aliphatic carbocycles. The van der Waals surface area contributed by atoms with Crippen LogP contribution in [-0.2, 0) is 22.6 Å². The maximum Gasteiger partial charge on any atom is 0.309 e. The van der Waals surface area contributed by atoms with Crippen LogP contribution in [0.25, 0.3) is 11.3 Å². The highest BCUT2D eigenvalue weighted by Crippen LogP contribution is 2.21. The number of benzene rings is 2. The molecule has 0 aliphatic heterocycles. The minimum absolute atomic E-state index is 0.249. The number of carbonyl (C=O) groups is 1. The Morgan fingerprint density at radius 1 is 1.07 bits per heavy atom. The molecule has 1 atom stereocenters. The van der Waals surface area contributed by atoms with E-state index in [0.29, 0.717) is 12.5 Å². The van der Waals surface area contributed by atoms with Crippen molar-refractivity contribution in [2.45, 2.75) is 20.0 Å². The largest absolute Gasteiger partial charge is 0.473 e. The van der Waals surface area contributed by atoms with Crippen LogP contribution < -0.4 is 10.0 Å². The van der Waals surface area contributed by atoms with Crippen LogP contribution in [0.2, 0.25) is 0 Å². The zero-order valence-electron chi connectivity index (χ0n) is 15.4. The first-order valence-electron chi connectivity index (χ1n) is 8.66. The van der Waals surface area contributed by atoms with Gasteiger partial charge in [0.15, 0.2) is 0 Å². The van der Waals surface area contributed by atoms with Gasteiger partial charge in [-0.3, -0.25) is 4.79 Å². The van der Waals surface area contributed by atoms with Crippen molar-refractivity contribution in [1.29, 1.82) is 0 Å². The number of hydrogen-bond donors (Lipinski definition) is 0. The molecule has 2 aromatic carbocycles. The van der Waals surface area contributed by atoms with E-state index < -0.39 is 0 Å². The van der Waals surface area contributed by atoms with Gasteiger partial charge in [0.2, 0.25) is 5.88 Å².